The van der Waals surface area contributed by atoms with Crippen LogP contribution in [0.5, 0.6) is 0 Å². The molecule has 2 aromatic rings. The minimum Gasteiger partial charge on any atom is -0.463 e. The second-order valence-corrected chi connectivity index (χ2v) is 4.15. The second-order valence-electron chi connectivity index (χ2n) is 4.15. The van der Waals surface area contributed by atoms with Crippen LogP contribution in [0.3, 0.4) is 0 Å². The number of carbonyl (C=O) groups excluding carboxylic acids is 1. The summed E-state index contributed by atoms with van der Waals surface area (Å²) in [5.41, 5.74) is 2.22. The molecule has 0 N–H and O–H groups in total. The van der Waals surface area contributed by atoms with Crippen LogP contribution in [0.2, 0.25) is 0 Å². The number of hydrogen-bond acceptors (Lipinski definition) is 3. The minimum atomic E-state index is -0.365. The van der Waals surface area contributed by atoms with Gasteiger partial charge in [0.2, 0.25) is 0 Å². The van der Waals surface area contributed by atoms with Crippen LogP contribution in [0.15, 0.2) is 46.9 Å². The Hall–Kier alpha value is -2.29. The lowest BCUT2D eigenvalue weighted by atomic mass is 10.1. The lowest BCUT2D eigenvalue weighted by Crippen LogP contribution is -1.98. The van der Waals surface area contributed by atoms with E-state index in [1.165, 1.54) is 11.6 Å². The highest BCUT2D eigenvalue weighted by atomic mass is 16.5. The van der Waals surface area contributed by atoms with Gasteiger partial charge in [-0.2, -0.15) is 0 Å². The van der Waals surface area contributed by atoms with E-state index in [0.29, 0.717) is 12.4 Å². The zero-order valence-electron chi connectivity index (χ0n) is 11.1. The first kappa shape index (κ1) is 13.1. The molecule has 0 aliphatic carbocycles. The lowest BCUT2D eigenvalue weighted by Gasteiger charge is -1.97. The van der Waals surface area contributed by atoms with E-state index >= 15 is 0 Å². The molecule has 0 aliphatic rings. The number of furan rings is 1. The van der Waals surface area contributed by atoms with E-state index in [2.05, 4.69) is 0 Å². The largest absolute Gasteiger partial charge is 0.463 e. The van der Waals surface area contributed by atoms with Crippen molar-refractivity contribution in [1.82, 2.24) is 0 Å². The van der Waals surface area contributed by atoms with Crippen LogP contribution >= 0.6 is 0 Å². The summed E-state index contributed by atoms with van der Waals surface area (Å²) < 4.78 is 10.4. The molecule has 0 radical (unpaired) electrons. The molecule has 98 valence electrons. The lowest BCUT2D eigenvalue weighted by molar-refractivity contribution is -0.137. The van der Waals surface area contributed by atoms with Crippen molar-refractivity contribution in [3.63, 3.8) is 0 Å². The number of esters is 1. The fourth-order valence-corrected chi connectivity index (χ4v) is 1.66. The molecule has 3 heteroatoms. The zero-order chi connectivity index (χ0) is 13.7. The molecule has 1 heterocycles. The average Bonchev–Trinajstić information content (AvgIpc) is 2.86. The first-order valence-electron chi connectivity index (χ1n) is 6.21. The van der Waals surface area contributed by atoms with E-state index in [1.54, 1.807) is 13.0 Å². The number of carbonyl (C=O) groups is 1. The predicted molar refractivity (Wildman–Crippen MR) is 74.5 cm³/mol. The fraction of sp³-hybridized carbons (Fsp3) is 0.188. The highest BCUT2D eigenvalue weighted by Crippen LogP contribution is 2.23. The Bertz CT molecular complexity index is 576. The van der Waals surface area contributed by atoms with E-state index in [0.717, 1.165) is 11.3 Å². The molecule has 0 unspecified atom stereocenters. The van der Waals surface area contributed by atoms with Crippen molar-refractivity contribution in [3.8, 4) is 11.3 Å². The van der Waals surface area contributed by atoms with Crippen molar-refractivity contribution in [2.75, 3.05) is 6.61 Å². The Balaban J connectivity index is 2.11. The van der Waals surface area contributed by atoms with Crippen LogP contribution in [0, 0.1) is 6.92 Å². The summed E-state index contributed by atoms with van der Waals surface area (Å²) in [4.78, 5) is 11.2. The molecule has 0 atom stereocenters. The van der Waals surface area contributed by atoms with E-state index < -0.39 is 0 Å². The Morgan fingerprint density at radius 2 is 1.95 bits per heavy atom. The minimum absolute atomic E-state index is 0.365. The third-order valence-electron chi connectivity index (χ3n) is 2.63. The van der Waals surface area contributed by atoms with E-state index in [9.17, 15) is 4.79 Å². The molecule has 2 rings (SSSR count). The number of ether oxygens (including phenoxy) is 1. The van der Waals surface area contributed by atoms with Gasteiger partial charge in [-0.3, -0.25) is 0 Å². The normalized spacial score (nSPS) is 10.8. The van der Waals surface area contributed by atoms with Gasteiger partial charge in [0.15, 0.2) is 0 Å². The molecule has 0 bridgehead atoms. The summed E-state index contributed by atoms with van der Waals surface area (Å²) in [5.74, 6) is 1.04. The maximum Gasteiger partial charge on any atom is 0.330 e. The number of hydrogen-bond donors (Lipinski definition) is 0. The zero-order valence-corrected chi connectivity index (χ0v) is 11.1. The van der Waals surface area contributed by atoms with E-state index in [4.69, 9.17) is 9.15 Å². The van der Waals surface area contributed by atoms with Crippen molar-refractivity contribution in [2.45, 2.75) is 13.8 Å². The second kappa shape index (κ2) is 6.05. The quantitative estimate of drug-likeness (QED) is 0.616. The van der Waals surface area contributed by atoms with Gasteiger partial charge < -0.3 is 9.15 Å². The summed E-state index contributed by atoms with van der Waals surface area (Å²) >= 11 is 0. The van der Waals surface area contributed by atoms with Gasteiger partial charge in [0.05, 0.1) is 6.61 Å². The summed E-state index contributed by atoms with van der Waals surface area (Å²) in [7, 11) is 0. The third kappa shape index (κ3) is 3.58. The van der Waals surface area contributed by atoms with Crippen LogP contribution in [-0.2, 0) is 9.53 Å². The Labute approximate surface area is 112 Å². The van der Waals surface area contributed by atoms with Gasteiger partial charge >= 0.3 is 5.97 Å². The van der Waals surface area contributed by atoms with Crippen molar-refractivity contribution in [2.24, 2.45) is 0 Å². The Morgan fingerprint density at radius 1 is 1.21 bits per heavy atom. The highest BCUT2D eigenvalue weighted by Gasteiger charge is 2.03. The molecule has 0 spiro atoms. The molecule has 1 aromatic carbocycles. The Kier molecular flexibility index (Phi) is 4.18. The maximum atomic E-state index is 11.2. The first-order chi connectivity index (χ1) is 9.19. The molecule has 0 aliphatic heterocycles. The summed E-state index contributed by atoms with van der Waals surface area (Å²) in [5, 5.41) is 0. The molecular weight excluding hydrogens is 240 g/mol. The number of benzene rings is 1. The predicted octanol–water partition coefficient (Wildman–Crippen LogP) is 3.83. The van der Waals surface area contributed by atoms with Gasteiger partial charge in [-0.1, -0.05) is 29.8 Å². The van der Waals surface area contributed by atoms with E-state index in [1.807, 2.05) is 43.3 Å². The molecule has 0 amide bonds. The van der Waals surface area contributed by atoms with Crippen LogP contribution < -0.4 is 0 Å². The molecule has 19 heavy (non-hydrogen) atoms. The van der Waals surface area contributed by atoms with Crippen molar-refractivity contribution < 1.29 is 13.9 Å². The van der Waals surface area contributed by atoms with Crippen molar-refractivity contribution >= 4 is 12.0 Å². The van der Waals surface area contributed by atoms with Crippen molar-refractivity contribution in [1.29, 1.82) is 0 Å². The Morgan fingerprint density at radius 3 is 2.63 bits per heavy atom. The maximum absolute atomic E-state index is 11.2. The highest BCUT2D eigenvalue weighted by molar-refractivity contribution is 5.86. The smallest absolute Gasteiger partial charge is 0.330 e. The molecule has 1 aromatic heterocycles. The monoisotopic (exact) mass is 256 g/mol. The van der Waals surface area contributed by atoms with Gasteiger partial charge in [0.25, 0.3) is 0 Å². The molecular formula is C16H16O3. The van der Waals surface area contributed by atoms with Gasteiger partial charge in [0.1, 0.15) is 11.5 Å². The van der Waals surface area contributed by atoms with Crippen LogP contribution in [0.4, 0.5) is 0 Å². The van der Waals surface area contributed by atoms with Crippen LogP contribution in [-0.4, -0.2) is 12.6 Å². The van der Waals surface area contributed by atoms with Crippen molar-refractivity contribution in [3.05, 3.63) is 53.8 Å². The van der Waals surface area contributed by atoms with Gasteiger partial charge in [-0.25, -0.2) is 4.79 Å². The van der Waals surface area contributed by atoms with E-state index in [-0.39, 0.29) is 5.97 Å². The summed E-state index contributed by atoms with van der Waals surface area (Å²) in [6, 6.07) is 11.8. The van der Waals surface area contributed by atoms with Crippen LogP contribution in [0.25, 0.3) is 17.4 Å². The molecule has 0 fully saturated rings. The molecule has 0 saturated carbocycles. The average molecular weight is 256 g/mol. The standard InChI is InChI=1S/C16H16O3/c1-3-18-16(17)11-9-14-8-10-15(19-14)13-6-4-12(2)5-7-13/h4-11H,3H2,1-2H3. The number of rotatable bonds is 4. The fourth-order valence-electron chi connectivity index (χ4n) is 1.66. The van der Waals surface area contributed by atoms with Gasteiger partial charge in [-0.15, -0.1) is 0 Å². The molecule has 3 nitrogen and oxygen atoms in total. The first-order valence-corrected chi connectivity index (χ1v) is 6.21. The summed E-state index contributed by atoms with van der Waals surface area (Å²) in [6.07, 6.45) is 2.97. The van der Waals surface area contributed by atoms with Gasteiger partial charge in [-0.05, 0) is 32.1 Å². The van der Waals surface area contributed by atoms with Crippen LogP contribution in [0.1, 0.15) is 18.2 Å². The topological polar surface area (TPSA) is 39.4 Å². The summed E-state index contributed by atoms with van der Waals surface area (Å²) in [6.45, 7) is 4.18. The molecule has 0 saturated heterocycles. The number of aryl methyl sites for hydroxylation is 1. The van der Waals surface area contributed by atoms with Gasteiger partial charge in [0, 0.05) is 11.6 Å². The SMILES string of the molecule is CCOC(=O)C=Cc1ccc(-c2ccc(C)cc2)o1. The third-order valence-corrected chi connectivity index (χ3v) is 2.63.